The molecule has 10 heteroatoms. The van der Waals surface area contributed by atoms with Crippen molar-refractivity contribution in [3.05, 3.63) is 24.3 Å². The zero-order chi connectivity index (χ0) is 23.0. The molecule has 10 nitrogen and oxygen atoms in total. The van der Waals surface area contributed by atoms with E-state index < -0.39 is 29.8 Å². The number of hydrogen-bond donors (Lipinski definition) is 0. The molecule has 2 rings (SSSR count). The van der Waals surface area contributed by atoms with Gasteiger partial charge in [0.25, 0.3) is 23.6 Å². The van der Waals surface area contributed by atoms with E-state index in [2.05, 4.69) is 0 Å². The molecule has 0 bridgehead atoms. The van der Waals surface area contributed by atoms with Gasteiger partial charge in [-0.05, 0) is 19.8 Å². The third-order valence-electron chi connectivity index (χ3n) is 4.71. The highest BCUT2D eigenvalue weighted by molar-refractivity contribution is 6.13. The van der Waals surface area contributed by atoms with E-state index >= 15 is 0 Å². The number of rotatable bonds is 12. The average molecular weight is 434 g/mol. The van der Waals surface area contributed by atoms with Crippen LogP contribution < -0.4 is 0 Å². The molecule has 0 saturated carbocycles. The van der Waals surface area contributed by atoms with Crippen LogP contribution in [-0.4, -0.2) is 71.2 Å². The SMILES string of the molecule is CC(COC(=O)CCCCC(=O)OCC(C)N1C(=O)C=CC1=O)CN1C(=O)C=CC1=O. The first kappa shape index (κ1) is 24.0. The third-order valence-corrected chi connectivity index (χ3v) is 4.71. The van der Waals surface area contributed by atoms with Crippen LogP contribution in [0.3, 0.4) is 0 Å². The Kier molecular flexibility index (Phi) is 8.65. The highest BCUT2D eigenvalue weighted by Crippen LogP contribution is 2.11. The molecule has 2 atom stereocenters. The summed E-state index contributed by atoms with van der Waals surface area (Å²) < 4.78 is 10.2. The zero-order valence-electron chi connectivity index (χ0n) is 17.6. The van der Waals surface area contributed by atoms with E-state index in [1.54, 1.807) is 13.8 Å². The summed E-state index contributed by atoms with van der Waals surface area (Å²) in [7, 11) is 0. The Bertz CT molecular complexity index is 780. The summed E-state index contributed by atoms with van der Waals surface area (Å²) in [5.41, 5.74) is 0. The highest BCUT2D eigenvalue weighted by Gasteiger charge is 2.29. The van der Waals surface area contributed by atoms with Crippen LogP contribution in [0.5, 0.6) is 0 Å². The van der Waals surface area contributed by atoms with E-state index in [1.807, 2.05) is 0 Å². The fraction of sp³-hybridized carbons (Fsp3) is 0.524. The van der Waals surface area contributed by atoms with Crippen molar-refractivity contribution < 1.29 is 38.2 Å². The van der Waals surface area contributed by atoms with Crippen molar-refractivity contribution >= 4 is 35.6 Å². The number of esters is 2. The largest absolute Gasteiger partial charge is 0.465 e. The lowest BCUT2D eigenvalue weighted by molar-refractivity contribution is -0.150. The Morgan fingerprint density at radius 2 is 1.23 bits per heavy atom. The smallest absolute Gasteiger partial charge is 0.305 e. The molecule has 2 aliphatic heterocycles. The average Bonchev–Trinajstić information content (AvgIpc) is 3.23. The Balaban J connectivity index is 1.53. The Hall–Kier alpha value is -3.30. The number of carbonyl (C=O) groups excluding carboxylic acids is 6. The first-order chi connectivity index (χ1) is 14.7. The summed E-state index contributed by atoms with van der Waals surface area (Å²) in [6.45, 7) is 3.54. The molecule has 2 heterocycles. The molecule has 0 spiro atoms. The second kappa shape index (κ2) is 11.2. The maximum absolute atomic E-state index is 11.8. The van der Waals surface area contributed by atoms with E-state index in [0.29, 0.717) is 12.8 Å². The third kappa shape index (κ3) is 7.16. The molecular formula is C21H26N2O8. The van der Waals surface area contributed by atoms with Crippen molar-refractivity contribution in [3.63, 3.8) is 0 Å². The summed E-state index contributed by atoms with van der Waals surface area (Å²) in [5.74, 6) is -2.72. The van der Waals surface area contributed by atoms with E-state index in [-0.39, 0.29) is 50.3 Å². The number of imide groups is 2. The Morgan fingerprint density at radius 3 is 1.74 bits per heavy atom. The number of carbonyl (C=O) groups is 6. The van der Waals surface area contributed by atoms with Crippen LogP contribution in [0.25, 0.3) is 0 Å². The number of ether oxygens (including phenoxy) is 2. The number of nitrogens with zero attached hydrogens (tertiary/aromatic N) is 2. The predicted molar refractivity (Wildman–Crippen MR) is 106 cm³/mol. The van der Waals surface area contributed by atoms with Gasteiger partial charge >= 0.3 is 11.9 Å². The van der Waals surface area contributed by atoms with Gasteiger partial charge < -0.3 is 9.47 Å². The van der Waals surface area contributed by atoms with Crippen LogP contribution in [0, 0.1) is 5.92 Å². The zero-order valence-corrected chi connectivity index (χ0v) is 17.6. The molecule has 31 heavy (non-hydrogen) atoms. The Morgan fingerprint density at radius 1 is 0.774 bits per heavy atom. The number of hydrogen-bond acceptors (Lipinski definition) is 8. The lowest BCUT2D eigenvalue weighted by atomic mass is 10.2. The molecule has 2 unspecified atom stereocenters. The molecule has 168 valence electrons. The molecule has 0 aliphatic carbocycles. The predicted octanol–water partition coefficient (Wildman–Crippen LogP) is 0.508. The van der Waals surface area contributed by atoms with Gasteiger partial charge in [0.05, 0.1) is 12.6 Å². The van der Waals surface area contributed by atoms with Crippen LogP contribution in [-0.2, 0) is 38.2 Å². The highest BCUT2D eigenvalue weighted by atomic mass is 16.5. The summed E-state index contributed by atoms with van der Waals surface area (Å²) >= 11 is 0. The minimum absolute atomic E-state index is 0.0820. The topological polar surface area (TPSA) is 127 Å². The molecule has 0 saturated heterocycles. The van der Waals surface area contributed by atoms with Crippen LogP contribution in [0.15, 0.2) is 24.3 Å². The van der Waals surface area contributed by atoms with Gasteiger partial charge in [-0.2, -0.15) is 0 Å². The summed E-state index contributed by atoms with van der Waals surface area (Å²) in [5, 5.41) is 0. The molecule has 0 aromatic rings. The van der Waals surface area contributed by atoms with Crippen molar-refractivity contribution in [3.8, 4) is 0 Å². The first-order valence-corrected chi connectivity index (χ1v) is 10.1. The van der Waals surface area contributed by atoms with Crippen molar-refractivity contribution in [2.75, 3.05) is 19.8 Å². The molecule has 4 amide bonds. The standard InChI is InChI=1S/C21H26N2O8/c1-14(11-22-16(24)7-8-17(22)25)12-30-20(28)5-3-4-6-21(29)31-13-15(2)23-18(26)9-10-19(23)27/h7-10,14-15H,3-6,11-13H2,1-2H3. The normalized spacial score (nSPS) is 17.5. The molecule has 2 aliphatic rings. The quantitative estimate of drug-likeness (QED) is 0.247. The van der Waals surface area contributed by atoms with Crippen molar-refractivity contribution in [2.24, 2.45) is 5.92 Å². The molecule has 0 aromatic heterocycles. The van der Waals surface area contributed by atoms with E-state index in [0.717, 1.165) is 9.80 Å². The molecular weight excluding hydrogens is 408 g/mol. The first-order valence-electron chi connectivity index (χ1n) is 10.1. The van der Waals surface area contributed by atoms with Gasteiger partial charge in [0.1, 0.15) is 6.61 Å². The monoisotopic (exact) mass is 434 g/mol. The van der Waals surface area contributed by atoms with Crippen molar-refractivity contribution in [1.82, 2.24) is 9.80 Å². The van der Waals surface area contributed by atoms with E-state index in [9.17, 15) is 28.8 Å². The van der Waals surface area contributed by atoms with Gasteiger partial charge in [-0.1, -0.05) is 6.92 Å². The van der Waals surface area contributed by atoms with Crippen LogP contribution in [0.1, 0.15) is 39.5 Å². The van der Waals surface area contributed by atoms with E-state index in [1.165, 1.54) is 24.3 Å². The molecule has 0 radical (unpaired) electrons. The van der Waals surface area contributed by atoms with Gasteiger partial charge in [-0.25, -0.2) is 0 Å². The van der Waals surface area contributed by atoms with Gasteiger partial charge in [-0.3, -0.25) is 38.6 Å². The lowest BCUT2D eigenvalue weighted by Crippen LogP contribution is -2.41. The van der Waals surface area contributed by atoms with Gasteiger partial charge in [-0.15, -0.1) is 0 Å². The molecule has 0 fully saturated rings. The fourth-order valence-corrected chi connectivity index (χ4v) is 3.03. The van der Waals surface area contributed by atoms with Gasteiger partial charge in [0.15, 0.2) is 0 Å². The van der Waals surface area contributed by atoms with E-state index in [4.69, 9.17) is 9.47 Å². The fourth-order valence-electron chi connectivity index (χ4n) is 3.03. The minimum Gasteiger partial charge on any atom is -0.465 e. The summed E-state index contributed by atoms with van der Waals surface area (Å²) in [6.07, 6.45) is 5.82. The van der Waals surface area contributed by atoms with Crippen LogP contribution >= 0.6 is 0 Å². The second-order valence-corrected chi connectivity index (χ2v) is 7.53. The second-order valence-electron chi connectivity index (χ2n) is 7.53. The maximum atomic E-state index is 11.8. The maximum Gasteiger partial charge on any atom is 0.305 e. The summed E-state index contributed by atoms with van der Waals surface area (Å²) in [6, 6.07) is -0.558. The van der Waals surface area contributed by atoms with Gasteiger partial charge in [0, 0.05) is 49.6 Å². The van der Waals surface area contributed by atoms with Crippen molar-refractivity contribution in [1.29, 1.82) is 0 Å². The minimum atomic E-state index is -0.558. The Labute approximate surface area is 179 Å². The number of unbranched alkanes of at least 4 members (excludes halogenated alkanes) is 1. The van der Waals surface area contributed by atoms with Crippen molar-refractivity contribution in [2.45, 2.75) is 45.6 Å². The lowest BCUT2D eigenvalue weighted by Gasteiger charge is -2.21. The molecule has 0 aromatic carbocycles. The number of amides is 4. The summed E-state index contributed by atoms with van der Waals surface area (Å²) in [4.78, 5) is 71.8. The molecule has 0 N–H and O–H groups in total. The van der Waals surface area contributed by atoms with Crippen LogP contribution in [0.2, 0.25) is 0 Å². The van der Waals surface area contributed by atoms with Gasteiger partial charge in [0.2, 0.25) is 0 Å². The van der Waals surface area contributed by atoms with Crippen LogP contribution in [0.4, 0.5) is 0 Å².